The molecule has 5 heteroatoms. The molecule has 0 spiro atoms. The molecule has 0 aliphatic rings. The van der Waals surface area contributed by atoms with Gasteiger partial charge in [-0.25, -0.2) is 4.39 Å². The number of hydrogen-bond acceptors (Lipinski definition) is 1. The van der Waals surface area contributed by atoms with E-state index in [4.69, 9.17) is 11.6 Å². The Morgan fingerprint density at radius 3 is 2.67 bits per heavy atom. The van der Waals surface area contributed by atoms with E-state index in [1.807, 2.05) is 22.6 Å². The van der Waals surface area contributed by atoms with E-state index >= 15 is 0 Å². The number of amides is 1. The molecular formula is C13H8ClFINO. The Morgan fingerprint density at radius 1 is 1.22 bits per heavy atom. The van der Waals surface area contributed by atoms with Crippen molar-refractivity contribution in [2.75, 3.05) is 5.32 Å². The summed E-state index contributed by atoms with van der Waals surface area (Å²) in [5.74, 6) is -0.652. The lowest BCUT2D eigenvalue weighted by molar-refractivity contribution is 0.102. The highest BCUT2D eigenvalue weighted by molar-refractivity contribution is 14.1. The second kappa shape index (κ2) is 5.67. The molecule has 0 atom stereocenters. The first kappa shape index (κ1) is 13.3. The van der Waals surface area contributed by atoms with Gasteiger partial charge >= 0.3 is 0 Å². The van der Waals surface area contributed by atoms with Crippen molar-refractivity contribution >= 4 is 45.8 Å². The SMILES string of the molecule is O=C(Nc1cccc(Cl)c1)c1ccc(F)cc1I. The number of hydrogen-bond donors (Lipinski definition) is 1. The normalized spacial score (nSPS) is 10.2. The van der Waals surface area contributed by atoms with Crippen LogP contribution >= 0.6 is 34.2 Å². The zero-order valence-corrected chi connectivity index (χ0v) is 12.0. The fraction of sp³-hybridized carbons (Fsp3) is 0. The van der Waals surface area contributed by atoms with Crippen LogP contribution in [0.25, 0.3) is 0 Å². The van der Waals surface area contributed by atoms with Gasteiger partial charge in [-0.15, -0.1) is 0 Å². The molecule has 0 saturated heterocycles. The average molecular weight is 376 g/mol. The molecule has 0 fully saturated rings. The van der Waals surface area contributed by atoms with Gasteiger partial charge in [-0.2, -0.15) is 0 Å². The molecule has 0 aliphatic heterocycles. The van der Waals surface area contributed by atoms with Gasteiger partial charge < -0.3 is 5.32 Å². The summed E-state index contributed by atoms with van der Waals surface area (Å²) in [7, 11) is 0. The van der Waals surface area contributed by atoms with Crippen LogP contribution in [0.3, 0.4) is 0 Å². The van der Waals surface area contributed by atoms with Crippen LogP contribution in [0.5, 0.6) is 0 Å². The number of benzene rings is 2. The molecule has 2 rings (SSSR count). The first-order chi connectivity index (χ1) is 8.56. The first-order valence-electron chi connectivity index (χ1n) is 5.08. The summed E-state index contributed by atoms with van der Waals surface area (Å²) >= 11 is 7.75. The van der Waals surface area contributed by atoms with E-state index in [0.29, 0.717) is 19.8 Å². The van der Waals surface area contributed by atoms with Crippen LogP contribution in [0.1, 0.15) is 10.4 Å². The summed E-state index contributed by atoms with van der Waals surface area (Å²) in [6, 6.07) is 10.9. The lowest BCUT2D eigenvalue weighted by Gasteiger charge is -2.07. The molecule has 0 saturated carbocycles. The molecule has 0 heterocycles. The zero-order chi connectivity index (χ0) is 13.1. The molecule has 0 unspecified atom stereocenters. The average Bonchev–Trinajstić information content (AvgIpc) is 2.28. The van der Waals surface area contributed by atoms with E-state index < -0.39 is 0 Å². The number of nitrogens with one attached hydrogen (secondary N) is 1. The second-order valence-electron chi connectivity index (χ2n) is 3.59. The Labute approximate surface area is 122 Å². The quantitative estimate of drug-likeness (QED) is 0.778. The van der Waals surface area contributed by atoms with E-state index in [1.165, 1.54) is 18.2 Å². The van der Waals surface area contributed by atoms with E-state index in [9.17, 15) is 9.18 Å². The molecule has 18 heavy (non-hydrogen) atoms. The van der Waals surface area contributed by atoms with Crippen molar-refractivity contribution in [2.24, 2.45) is 0 Å². The standard InChI is InChI=1S/C13H8ClFINO/c14-8-2-1-3-10(6-8)17-13(18)11-5-4-9(15)7-12(11)16/h1-7H,(H,17,18). The Kier molecular flexibility index (Phi) is 4.19. The lowest BCUT2D eigenvalue weighted by atomic mass is 10.2. The van der Waals surface area contributed by atoms with E-state index in [2.05, 4.69) is 5.32 Å². The molecule has 1 N–H and O–H groups in total. The number of anilines is 1. The van der Waals surface area contributed by atoms with Crippen molar-refractivity contribution in [1.82, 2.24) is 0 Å². The molecule has 0 aliphatic carbocycles. The van der Waals surface area contributed by atoms with E-state index in [-0.39, 0.29) is 11.7 Å². The van der Waals surface area contributed by atoms with Gasteiger partial charge in [0.25, 0.3) is 5.91 Å². The largest absolute Gasteiger partial charge is 0.322 e. The number of carbonyl (C=O) groups excluding carboxylic acids is 1. The fourth-order valence-corrected chi connectivity index (χ4v) is 2.35. The van der Waals surface area contributed by atoms with Crippen molar-refractivity contribution in [3.8, 4) is 0 Å². The summed E-state index contributed by atoms with van der Waals surface area (Å²) in [5.41, 5.74) is 1.03. The van der Waals surface area contributed by atoms with Gasteiger partial charge in [-0.1, -0.05) is 17.7 Å². The molecular weight excluding hydrogens is 368 g/mol. The molecule has 92 valence electrons. The molecule has 0 aromatic heterocycles. The molecule has 2 nitrogen and oxygen atoms in total. The third-order valence-electron chi connectivity index (χ3n) is 2.26. The van der Waals surface area contributed by atoms with Gasteiger partial charge in [0.1, 0.15) is 5.82 Å². The van der Waals surface area contributed by atoms with Crippen molar-refractivity contribution in [3.63, 3.8) is 0 Å². The number of rotatable bonds is 2. The van der Waals surface area contributed by atoms with E-state index in [0.717, 1.165) is 0 Å². The summed E-state index contributed by atoms with van der Waals surface area (Å²) in [6.45, 7) is 0. The highest BCUT2D eigenvalue weighted by Gasteiger charge is 2.10. The minimum atomic E-state index is -0.362. The predicted molar refractivity (Wildman–Crippen MR) is 78.5 cm³/mol. The molecule has 2 aromatic rings. The van der Waals surface area contributed by atoms with Gasteiger partial charge in [-0.3, -0.25) is 4.79 Å². The zero-order valence-electron chi connectivity index (χ0n) is 9.08. The summed E-state index contributed by atoms with van der Waals surface area (Å²) in [5, 5.41) is 3.25. The van der Waals surface area contributed by atoms with Crippen LogP contribution in [0, 0.1) is 9.39 Å². The van der Waals surface area contributed by atoms with Crippen LogP contribution < -0.4 is 5.32 Å². The third kappa shape index (κ3) is 3.20. The summed E-state index contributed by atoms with van der Waals surface area (Å²) in [4.78, 5) is 12.0. The van der Waals surface area contributed by atoms with Gasteiger partial charge in [-0.05, 0) is 59.0 Å². The third-order valence-corrected chi connectivity index (χ3v) is 3.39. The maximum Gasteiger partial charge on any atom is 0.256 e. The molecule has 1 amide bonds. The minimum absolute atomic E-state index is 0.290. The minimum Gasteiger partial charge on any atom is -0.322 e. The van der Waals surface area contributed by atoms with Gasteiger partial charge in [0, 0.05) is 14.3 Å². The van der Waals surface area contributed by atoms with Crippen LogP contribution in [-0.2, 0) is 0 Å². The first-order valence-corrected chi connectivity index (χ1v) is 6.54. The Bertz CT molecular complexity index is 603. The smallest absolute Gasteiger partial charge is 0.256 e. The Balaban J connectivity index is 2.22. The number of carbonyl (C=O) groups is 1. The van der Waals surface area contributed by atoms with Crippen molar-refractivity contribution in [3.05, 3.63) is 62.4 Å². The molecule has 0 bridgehead atoms. The monoisotopic (exact) mass is 375 g/mol. The lowest BCUT2D eigenvalue weighted by Crippen LogP contribution is -2.13. The van der Waals surface area contributed by atoms with Crippen molar-refractivity contribution in [1.29, 1.82) is 0 Å². The van der Waals surface area contributed by atoms with Gasteiger partial charge in [0.05, 0.1) is 5.56 Å². The predicted octanol–water partition coefficient (Wildman–Crippen LogP) is 4.34. The second-order valence-corrected chi connectivity index (χ2v) is 5.19. The summed E-state index contributed by atoms with van der Waals surface area (Å²) < 4.78 is 13.5. The van der Waals surface area contributed by atoms with Crippen LogP contribution in [0.2, 0.25) is 5.02 Å². The van der Waals surface area contributed by atoms with Crippen LogP contribution in [0.4, 0.5) is 10.1 Å². The van der Waals surface area contributed by atoms with Gasteiger partial charge in [0.2, 0.25) is 0 Å². The topological polar surface area (TPSA) is 29.1 Å². The maximum absolute atomic E-state index is 12.9. The fourth-order valence-electron chi connectivity index (χ4n) is 1.44. The molecule has 2 aromatic carbocycles. The van der Waals surface area contributed by atoms with Crippen molar-refractivity contribution < 1.29 is 9.18 Å². The van der Waals surface area contributed by atoms with Crippen LogP contribution in [0.15, 0.2) is 42.5 Å². The highest BCUT2D eigenvalue weighted by atomic mass is 127. The van der Waals surface area contributed by atoms with E-state index in [1.54, 1.807) is 24.3 Å². The van der Waals surface area contributed by atoms with Gasteiger partial charge in [0.15, 0.2) is 0 Å². The maximum atomic E-state index is 12.9. The van der Waals surface area contributed by atoms with Crippen molar-refractivity contribution in [2.45, 2.75) is 0 Å². The highest BCUT2D eigenvalue weighted by Crippen LogP contribution is 2.18. The number of halogens is 3. The molecule has 0 radical (unpaired) electrons. The summed E-state index contributed by atoms with van der Waals surface area (Å²) in [6.07, 6.45) is 0. The van der Waals surface area contributed by atoms with Crippen LogP contribution in [-0.4, -0.2) is 5.91 Å². The Morgan fingerprint density at radius 2 is 2.00 bits per heavy atom. The Hall–Kier alpha value is -1.14.